The zero-order valence-electron chi connectivity index (χ0n) is 14.7. The van der Waals surface area contributed by atoms with Crippen molar-refractivity contribution in [2.75, 3.05) is 13.2 Å². The highest BCUT2D eigenvalue weighted by molar-refractivity contribution is 6.30. The fraction of sp³-hybridized carbons (Fsp3) is 0.222. The molecule has 2 heterocycles. The van der Waals surface area contributed by atoms with E-state index in [0.717, 1.165) is 11.8 Å². The summed E-state index contributed by atoms with van der Waals surface area (Å²) in [6, 6.07) is 9.44. The van der Waals surface area contributed by atoms with Crippen molar-refractivity contribution >= 4 is 17.5 Å². The van der Waals surface area contributed by atoms with Crippen LogP contribution in [0.5, 0.6) is 5.88 Å². The fourth-order valence-electron chi connectivity index (χ4n) is 2.21. The van der Waals surface area contributed by atoms with E-state index in [0.29, 0.717) is 23.2 Å². The molecule has 0 aliphatic rings. The third-order valence-corrected chi connectivity index (χ3v) is 3.83. The summed E-state index contributed by atoms with van der Waals surface area (Å²) in [6.45, 7) is -1.23. The second kappa shape index (κ2) is 8.91. The van der Waals surface area contributed by atoms with Gasteiger partial charge in [0.2, 0.25) is 17.6 Å². The lowest BCUT2D eigenvalue weighted by Gasteiger charge is -2.08. The van der Waals surface area contributed by atoms with Crippen LogP contribution in [0.3, 0.4) is 0 Å². The Morgan fingerprint density at radius 1 is 1.17 bits per heavy atom. The molecule has 152 valence electrons. The van der Waals surface area contributed by atoms with E-state index in [1.165, 1.54) is 12.1 Å². The van der Waals surface area contributed by atoms with Crippen LogP contribution in [0.15, 0.2) is 47.1 Å². The summed E-state index contributed by atoms with van der Waals surface area (Å²) in [5, 5.41) is 7.10. The van der Waals surface area contributed by atoms with Crippen molar-refractivity contribution in [1.29, 1.82) is 0 Å². The lowest BCUT2D eigenvalue weighted by Crippen LogP contribution is -2.26. The zero-order valence-corrected chi connectivity index (χ0v) is 15.5. The van der Waals surface area contributed by atoms with Gasteiger partial charge in [-0.25, -0.2) is 4.98 Å². The largest absolute Gasteiger partial charge is 0.468 e. The second-order valence-electron chi connectivity index (χ2n) is 5.81. The maximum atomic E-state index is 12.1. The van der Waals surface area contributed by atoms with Crippen LogP contribution in [0.4, 0.5) is 13.2 Å². The fourth-order valence-corrected chi connectivity index (χ4v) is 2.34. The van der Waals surface area contributed by atoms with Gasteiger partial charge in [-0.1, -0.05) is 16.8 Å². The van der Waals surface area contributed by atoms with Gasteiger partial charge >= 0.3 is 6.18 Å². The number of nitrogens with one attached hydrogen (secondary N) is 1. The van der Waals surface area contributed by atoms with E-state index >= 15 is 0 Å². The van der Waals surface area contributed by atoms with Gasteiger partial charge in [0.1, 0.15) is 0 Å². The first-order chi connectivity index (χ1) is 13.8. The van der Waals surface area contributed by atoms with Gasteiger partial charge in [0.05, 0.1) is 5.56 Å². The van der Waals surface area contributed by atoms with Crippen molar-refractivity contribution < 1.29 is 27.2 Å². The molecule has 0 fully saturated rings. The molecule has 0 saturated carbocycles. The predicted octanol–water partition coefficient (Wildman–Crippen LogP) is 3.70. The quantitative estimate of drug-likeness (QED) is 0.619. The Balaban J connectivity index is 1.48. The molecule has 0 atom stereocenters. The standard InChI is InChI=1S/C18H14ClF3N4O3/c19-13-4-1-11(2-5-13)16-25-15(29-26-16)7-8-23-17(27)12-3-6-14(24-9-12)28-10-18(20,21)22/h1-6,9H,7-8,10H2,(H,23,27). The van der Waals surface area contributed by atoms with Gasteiger partial charge in [-0.15, -0.1) is 0 Å². The van der Waals surface area contributed by atoms with E-state index in [1.54, 1.807) is 24.3 Å². The van der Waals surface area contributed by atoms with Crippen LogP contribution in [0, 0.1) is 0 Å². The first kappa shape index (κ1) is 20.6. The molecule has 29 heavy (non-hydrogen) atoms. The summed E-state index contributed by atoms with van der Waals surface area (Å²) in [5.74, 6) is 0.0719. The average Bonchev–Trinajstić information content (AvgIpc) is 3.15. The van der Waals surface area contributed by atoms with E-state index in [1.807, 2.05) is 0 Å². The van der Waals surface area contributed by atoms with Gasteiger partial charge in [0.15, 0.2) is 6.61 Å². The minimum absolute atomic E-state index is 0.178. The van der Waals surface area contributed by atoms with Crippen molar-refractivity contribution in [3.8, 4) is 17.3 Å². The average molecular weight is 427 g/mol. The molecule has 0 aliphatic carbocycles. The minimum Gasteiger partial charge on any atom is -0.468 e. The number of alkyl halides is 3. The van der Waals surface area contributed by atoms with E-state index in [9.17, 15) is 18.0 Å². The van der Waals surface area contributed by atoms with E-state index in [-0.39, 0.29) is 18.0 Å². The number of amides is 1. The van der Waals surface area contributed by atoms with Crippen molar-refractivity contribution in [2.45, 2.75) is 12.6 Å². The molecule has 1 aromatic carbocycles. The van der Waals surface area contributed by atoms with Crippen molar-refractivity contribution in [1.82, 2.24) is 20.4 Å². The molecule has 0 radical (unpaired) electrons. The van der Waals surface area contributed by atoms with Gasteiger partial charge < -0.3 is 14.6 Å². The third kappa shape index (κ3) is 6.18. The van der Waals surface area contributed by atoms with Gasteiger partial charge in [0.25, 0.3) is 5.91 Å². The van der Waals surface area contributed by atoms with E-state index < -0.39 is 18.7 Å². The highest BCUT2D eigenvalue weighted by atomic mass is 35.5. The molecule has 0 spiro atoms. The molecule has 1 amide bonds. The van der Waals surface area contributed by atoms with Crippen LogP contribution in [0.2, 0.25) is 5.02 Å². The van der Waals surface area contributed by atoms with Gasteiger partial charge in [-0.3, -0.25) is 4.79 Å². The Hall–Kier alpha value is -3.14. The van der Waals surface area contributed by atoms with Crippen molar-refractivity contribution in [3.63, 3.8) is 0 Å². The van der Waals surface area contributed by atoms with Gasteiger partial charge in [0, 0.05) is 35.8 Å². The summed E-state index contributed by atoms with van der Waals surface area (Å²) in [4.78, 5) is 20.0. The summed E-state index contributed by atoms with van der Waals surface area (Å²) in [7, 11) is 0. The number of halogens is 4. The highest BCUT2D eigenvalue weighted by Crippen LogP contribution is 2.19. The smallest absolute Gasteiger partial charge is 0.422 e. The summed E-state index contributed by atoms with van der Waals surface area (Å²) >= 11 is 5.83. The topological polar surface area (TPSA) is 90.1 Å². The van der Waals surface area contributed by atoms with Crippen molar-refractivity contribution in [3.05, 3.63) is 59.1 Å². The van der Waals surface area contributed by atoms with Crippen LogP contribution in [-0.2, 0) is 6.42 Å². The van der Waals surface area contributed by atoms with Crippen LogP contribution in [0.1, 0.15) is 16.2 Å². The molecule has 7 nitrogen and oxygen atoms in total. The molecule has 11 heteroatoms. The van der Waals surface area contributed by atoms with Crippen molar-refractivity contribution in [2.24, 2.45) is 0 Å². The molecule has 1 N–H and O–H groups in total. The molecular weight excluding hydrogens is 413 g/mol. The highest BCUT2D eigenvalue weighted by Gasteiger charge is 2.28. The lowest BCUT2D eigenvalue weighted by atomic mass is 10.2. The summed E-state index contributed by atoms with van der Waals surface area (Å²) in [6.07, 6.45) is -3.03. The number of hydrogen-bond acceptors (Lipinski definition) is 6. The summed E-state index contributed by atoms with van der Waals surface area (Å²) in [5.41, 5.74) is 0.920. The maximum Gasteiger partial charge on any atom is 0.422 e. The molecule has 0 unspecified atom stereocenters. The summed E-state index contributed by atoms with van der Waals surface area (Å²) < 4.78 is 45.9. The van der Waals surface area contributed by atoms with Crippen LogP contribution < -0.4 is 10.1 Å². The SMILES string of the molecule is O=C(NCCc1nc(-c2ccc(Cl)cc2)no1)c1ccc(OCC(F)(F)F)nc1. The van der Waals surface area contributed by atoms with Crippen LogP contribution in [-0.4, -0.2) is 40.4 Å². The van der Waals surface area contributed by atoms with Gasteiger partial charge in [-0.05, 0) is 30.3 Å². The molecule has 3 rings (SSSR count). The van der Waals surface area contributed by atoms with Gasteiger partial charge in [-0.2, -0.15) is 18.2 Å². The first-order valence-corrected chi connectivity index (χ1v) is 8.70. The number of pyridine rings is 1. The number of hydrogen-bond donors (Lipinski definition) is 1. The number of carbonyl (C=O) groups is 1. The monoisotopic (exact) mass is 426 g/mol. The van der Waals surface area contributed by atoms with E-state index in [4.69, 9.17) is 16.1 Å². The maximum absolute atomic E-state index is 12.1. The minimum atomic E-state index is -4.46. The number of benzene rings is 1. The van der Waals surface area contributed by atoms with Crippen LogP contribution in [0.25, 0.3) is 11.4 Å². The Morgan fingerprint density at radius 3 is 2.59 bits per heavy atom. The number of carbonyl (C=O) groups excluding carboxylic acids is 1. The molecule has 0 bridgehead atoms. The number of ether oxygens (including phenoxy) is 1. The number of nitrogens with zero attached hydrogens (tertiary/aromatic N) is 3. The predicted molar refractivity (Wildman–Crippen MR) is 96.6 cm³/mol. The molecule has 2 aromatic heterocycles. The first-order valence-electron chi connectivity index (χ1n) is 8.32. The normalized spacial score (nSPS) is 11.3. The molecular formula is C18H14ClF3N4O3. The Morgan fingerprint density at radius 2 is 1.93 bits per heavy atom. The Bertz CT molecular complexity index is 960. The molecule has 0 saturated heterocycles. The Labute approximate surface area is 167 Å². The Kier molecular flexibility index (Phi) is 6.32. The number of aromatic nitrogens is 3. The zero-order chi connectivity index (χ0) is 20.9. The number of rotatable bonds is 7. The molecule has 3 aromatic rings. The third-order valence-electron chi connectivity index (χ3n) is 3.58. The van der Waals surface area contributed by atoms with Crippen LogP contribution >= 0.6 is 11.6 Å². The molecule has 0 aliphatic heterocycles. The lowest BCUT2D eigenvalue weighted by molar-refractivity contribution is -0.154. The van der Waals surface area contributed by atoms with E-state index in [2.05, 4.69) is 25.2 Å². The second-order valence-corrected chi connectivity index (χ2v) is 6.25.